The fourth-order valence-corrected chi connectivity index (χ4v) is 3.34. The summed E-state index contributed by atoms with van der Waals surface area (Å²) in [5, 5.41) is 3.59. The molecule has 1 unspecified atom stereocenters. The summed E-state index contributed by atoms with van der Waals surface area (Å²) in [6.45, 7) is 5.38. The fourth-order valence-electron chi connectivity index (χ4n) is 3.34. The fraction of sp³-hybridized carbons (Fsp3) is 0.650. The van der Waals surface area contributed by atoms with Gasteiger partial charge >= 0.3 is 0 Å². The van der Waals surface area contributed by atoms with Gasteiger partial charge in [-0.1, -0.05) is 49.6 Å². The van der Waals surface area contributed by atoms with E-state index < -0.39 is 0 Å². The average molecular weight is 314 g/mol. The zero-order valence-corrected chi connectivity index (χ0v) is 14.6. The first-order valence-corrected chi connectivity index (χ1v) is 9.15. The monoisotopic (exact) mass is 314 g/mol. The lowest BCUT2D eigenvalue weighted by Gasteiger charge is -2.32. The summed E-state index contributed by atoms with van der Waals surface area (Å²) in [6, 6.07) is 10.5. The van der Waals surface area contributed by atoms with Crippen molar-refractivity contribution in [1.29, 1.82) is 0 Å². The minimum absolute atomic E-state index is 0.109. The van der Waals surface area contributed by atoms with Gasteiger partial charge in [-0.15, -0.1) is 0 Å². The van der Waals surface area contributed by atoms with Gasteiger partial charge in [0.15, 0.2) is 6.23 Å². The molecule has 23 heavy (non-hydrogen) atoms. The van der Waals surface area contributed by atoms with E-state index in [0.717, 1.165) is 31.1 Å². The molecule has 0 amide bonds. The lowest BCUT2D eigenvalue weighted by molar-refractivity contribution is -0.0875. The molecule has 0 bridgehead atoms. The summed E-state index contributed by atoms with van der Waals surface area (Å²) in [6.07, 6.45) is 8.50. The van der Waals surface area contributed by atoms with Crippen LogP contribution in [0.4, 0.5) is 0 Å². The second-order valence-corrected chi connectivity index (χ2v) is 7.60. The molecular weight excluding hydrogens is 284 g/mol. The largest absolute Gasteiger partial charge is 0.348 e. The molecule has 1 aromatic rings. The van der Waals surface area contributed by atoms with Crippen LogP contribution in [0.1, 0.15) is 70.6 Å². The van der Waals surface area contributed by atoms with E-state index in [-0.39, 0.29) is 11.8 Å². The summed E-state index contributed by atoms with van der Waals surface area (Å²) >= 11 is 0. The first kappa shape index (κ1) is 16.5. The summed E-state index contributed by atoms with van der Waals surface area (Å²) in [5.74, 6) is 1.97. The number of aliphatic imine (C=N–C) groups is 1. The van der Waals surface area contributed by atoms with Crippen molar-refractivity contribution in [3.63, 3.8) is 0 Å². The number of rotatable bonds is 6. The van der Waals surface area contributed by atoms with E-state index in [1.807, 2.05) is 0 Å². The Morgan fingerprint density at radius 2 is 1.96 bits per heavy atom. The Bertz CT molecular complexity index is 520. The van der Waals surface area contributed by atoms with Gasteiger partial charge in [0.25, 0.3) is 0 Å². The van der Waals surface area contributed by atoms with Gasteiger partial charge in [0.1, 0.15) is 0 Å². The number of ether oxygens (including phenoxy) is 1. The van der Waals surface area contributed by atoms with Crippen molar-refractivity contribution in [3.8, 4) is 0 Å². The van der Waals surface area contributed by atoms with Crippen molar-refractivity contribution in [2.45, 2.75) is 70.6 Å². The molecule has 126 valence electrons. The number of hydrogen-bond donors (Lipinski definition) is 1. The van der Waals surface area contributed by atoms with Gasteiger partial charge in [0.05, 0.1) is 11.4 Å². The highest BCUT2D eigenvalue weighted by atomic mass is 16.5. The molecule has 3 rings (SSSR count). The smallest absolute Gasteiger partial charge is 0.155 e. The Morgan fingerprint density at radius 1 is 1.17 bits per heavy atom. The molecular formula is C20H30N2O. The van der Waals surface area contributed by atoms with Crippen LogP contribution in [0.2, 0.25) is 0 Å². The number of hydrogen-bond acceptors (Lipinski definition) is 3. The molecule has 0 saturated heterocycles. The summed E-state index contributed by atoms with van der Waals surface area (Å²) < 4.78 is 6.53. The molecule has 2 aliphatic rings. The average Bonchev–Trinajstić information content (AvgIpc) is 3.35. The highest BCUT2D eigenvalue weighted by molar-refractivity contribution is 5.82. The molecule has 0 spiro atoms. The third-order valence-electron chi connectivity index (χ3n) is 4.69. The van der Waals surface area contributed by atoms with Crippen molar-refractivity contribution in [1.82, 2.24) is 5.32 Å². The van der Waals surface area contributed by atoms with E-state index >= 15 is 0 Å². The highest BCUT2D eigenvalue weighted by Gasteiger charge is 2.33. The van der Waals surface area contributed by atoms with Crippen molar-refractivity contribution in [3.05, 3.63) is 35.9 Å². The van der Waals surface area contributed by atoms with Crippen LogP contribution >= 0.6 is 0 Å². The molecule has 0 radical (unpaired) electrons. The quantitative estimate of drug-likeness (QED) is 0.762. The van der Waals surface area contributed by atoms with Crippen LogP contribution in [-0.4, -0.2) is 18.0 Å². The molecule has 1 aliphatic heterocycles. The van der Waals surface area contributed by atoms with Crippen LogP contribution < -0.4 is 5.32 Å². The lowest BCUT2D eigenvalue weighted by atomic mass is 10.0. The predicted molar refractivity (Wildman–Crippen MR) is 95.6 cm³/mol. The Hall–Kier alpha value is -1.35. The van der Waals surface area contributed by atoms with Crippen LogP contribution in [0.25, 0.3) is 0 Å². The Kier molecular flexibility index (Phi) is 5.37. The lowest BCUT2D eigenvalue weighted by Crippen LogP contribution is -2.37. The van der Waals surface area contributed by atoms with Gasteiger partial charge in [0, 0.05) is 18.5 Å². The standard InChI is InChI=1S/C20H30N2O/c1-20(2,15-16-12-13-16)23-19(17-9-5-3-6-10-17)22-18-11-7-4-8-14-21-18/h3,5-6,9-10,16,19H,4,7-8,11-15H2,1-2H3,(H,21,22). The Morgan fingerprint density at radius 3 is 2.70 bits per heavy atom. The minimum atomic E-state index is -0.111. The van der Waals surface area contributed by atoms with E-state index in [4.69, 9.17) is 9.73 Å². The molecule has 0 aromatic heterocycles. The van der Waals surface area contributed by atoms with Crippen molar-refractivity contribution >= 4 is 5.84 Å². The number of benzene rings is 1. The third-order valence-corrected chi connectivity index (χ3v) is 4.69. The SMILES string of the molecule is CC(C)(CC1CC1)OC(NC1=NCCCCC1)c1ccccc1. The van der Waals surface area contributed by atoms with Crippen molar-refractivity contribution in [2.24, 2.45) is 10.9 Å². The molecule has 1 aromatic carbocycles. The van der Waals surface area contributed by atoms with Gasteiger partial charge in [-0.2, -0.15) is 0 Å². The van der Waals surface area contributed by atoms with Crippen LogP contribution in [0.3, 0.4) is 0 Å². The minimum Gasteiger partial charge on any atom is -0.348 e. The Balaban J connectivity index is 1.71. The topological polar surface area (TPSA) is 33.6 Å². The predicted octanol–water partition coefficient (Wildman–Crippen LogP) is 4.84. The number of amidine groups is 1. The molecule has 3 nitrogen and oxygen atoms in total. The molecule has 3 heteroatoms. The molecule has 1 saturated carbocycles. The summed E-state index contributed by atoms with van der Waals surface area (Å²) in [7, 11) is 0. The van der Waals surface area contributed by atoms with Crippen LogP contribution in [0, 0.1) is 5.92 Å². The number of nitrogens with zero attached hydrogens (tertiary/aromatic N) is 1. The van der Waals surface area contributed by atoms with E-state index in [2.05, 4.69) is 49.5 Å². The zero-order chi connectivity index (χ0) is 16.1. The van der Waals surface area contributed by atoms with E-state index in [9.17, 15) is 0 Å². The van der Waals surface area contributed by atoms with Gasteiger partial charge in [-0.3, -0.25) is 4.99 Å². The first-order chi connectivity index (χ1) is 11.1. The molecule has 1 N–H and O–H groups in total. The van der Waals surface area contributed by atoms with Gasteiger partial charge in [-0.25, -0.2) is 0 Å². The van der Waals surface area contributed by atoms with E-state index in [1.165, 1.54) is 37.7 Å². The Labute approximate surface area is 140 Å². The maximum atomic E-state index is 6.53. The van der Waals surface area contributed by atoms with Crippen LogP contribution in [0.15, 0.2) is 35.3 Å². The van der Waals surface area contributed by atoms with Gasteiger partial charge in [-0.05, 0) is 39.0 Å². The summed E-state index contributed by atoms with van der Waals surface area (Å²) in [4.78, 5) is 4.72. The van der Waals surface area contributed by atoms with Gasteiger partial charge in [0.2, 0.25) is 0 Å². The molecule has 1 aliphatic carbocycles. The zero-order valence-electron chi connectivity index (χ0n) is 14.6. The normalized spacial score (nSPS) is 20.5. The van der Waals surface area contributed by atoms with Gasteiger partial charge < -0.3 is 10.1 Å². The second kappa shape index (κ2) is 7.48. The maximum absolute atomic E-state index is 6.53. The summed E-state index contributed by atoms with van der Waals surface area (Å²) in [5.41, 5.74) is 1.07. The van der Waals surface area contributed by atoms with E-state index in [1.54, 1.807) is 0 Å². The van der Waals surface area contributed by atoms with Crippen molar-refractivity contribution < 1.29 is 4.74 Å². The second-order valence-electron chi connectivity index (χ2n) is 7.60. The highest BCUT2D eigenvalue weighted by Crippen LogP contribution is 2.39. The van der Waals surface area contributed by atoms with E-state index in [0.29, 0.717) is 0 Å². The molecule has 1 fully saturated rings. The van der Waals surface area contributed by atoms with Crippen LogP contribution in [0.5, 0.6) is 0 Å². The van der Waals surface area contributed by atoms with Crippen LogP contribution in [-0.2, 0) is 4.74 Å². The number of nitrogens with one attached hydrogen (secondary N) is 1. The molecule has 1 heterocycles. The maximum Gasteiger partial charge on any atom is 0.155 e. The van der Waals surface area contributed by atoms with Crippen molar-refractivity contribution in [2.75, 3.05) is 6.54 Å². The third kappa shape index (κ3) is 5.35. The first-order valence-electron chi connectivity index (χ1n) is 9.15. The molecule has 1 atom stereocenters.